The molecule has 11 heteroatoms. The van der Waals surface area contributed by atoms with Gasteiger partial charge < -0.3 is 9.15 Å². The zero-order valence-corrected chi connectivity index (χ0v) is 16.8. The Morgan fingerprint density at radius 2 is 2.03 bits per heavy atom. The van der Waals surface area contributed by atoms with Crippen molar-refractivity contribution < 1.29 is 27.3 Å². The molecule has 0 aliphatic heterocycles. The van der Waals surface area contributed by atoms with Gasteiger partial charge in [0.15, 0.2) is 5.58 Å². The van der Waals surface area contributed by atoms with Crippen LogP contribution in [-0.2, 0) is 14.8 Å². The summed E-state index contributed by atoms with van der Waals surface area (Å²) in [4.78, 5) is 22.2. The van der Waals surface area contributed by atoms with Gasteiger partial charge in [0.25, 0.3) is 15.7 Å². The predicted molar refractivity (Wildman–Crippen MR) is 106 cm³/mol. The van der Waals surface area contributed by atoms with Crippen molar-refractivity contribution in [1.29, 1.82) is 0 Å². The molecule has 29 heavy (non-hydrogen) atoms. The normalized spacial score (nSPS) is 11.4. The molecule has 3 rings (SSSR count). The number of hydrogen-bond acceptors (Lipinski definition) is 7. The van der Waals surface area contributed by atoms with Crippen LogP contribution in [0.2, 0.25) is 5.02 Å². The quantitative estimate of drug-likeness (QED) is 0.345. The molecule has 0 fully saturated rings. The van der Waals surface area contributed by atoms with E-state index in [4.69, 9.17) is 20.8 Å². The molecule has 0 spiro atoms. The zero-order valence-electron chi connectivity index (χ0n) is 15.3. The van der Waals surface area contributed by atoms with Gasteiger partial charge in [-0.3, -0.25) is 14.8 Å². The molecule has 1 N–H and O–H groups in total. The number of fused-ring (bicyclic) bond motifs is 1. The first-order chi connectivity index (χ1) is 13.6. The maximum Gasteiger partial charge on any atom is 0.342 e. The van der Waals surface area contributed by atoms with Crippen LogP contribution in [0.3, 0.4) is 0 Å². The van der Waals surface area contributed by atoms with E-state index in [0.29, 0.717) is 0 Å². The van der Waals surface area contributed by atoms with E-state index in [0.717, 1.165) is 6.07 Å². The van der Waals surface area contributed by atoms with Crippen molar-refractivity contribution in [3.05, 3.63) is 62.9 Å². The molecule has 0 saturated carbocycles. The third-order valence-electron chi connectivity index (χ3n) is 3.99. The van der Waals surface area contributed by atoms with Crippen LogP contribution in [-0.4, -0.2) is 25.9 Å². The molecule has 0 saturated heterocycles. The molecule has 0 bridgehead atoms. The average molecular weight is 439 g/mol. The van der Waals surface area contributed by atoms with Crippen LogP contribution in [0.25, 0.3) is 11.0 Å². The molecule has 0 radical (unpaired) electrons. The Balaban J connectivity index is 2.06. The SMILES string of the molecule is CCOC(=O)c1c(C)oc2c(Cl)cc(NS(=O)(=O)c3cccc([N+](=O)[O-])c3)cc12. The second-order valence-corrected chi connectivity index (χ2v) is 8.04. The maximum atomic E-state index is 12.7. The first kappa shape index (κ1) is 20.6. The second kappa shape index (κ2) is 7.72. The molecule has 1 heterocycles. The summed E-state index contributed by atoms with van der Waals surface area (Å²) >= 11 is 6.20. The van der Waals surface area contributed by atoms with E-state index in [2.05, 4.69) is 4.72 Å². The van der Waals surface area contributed by atoms with Crippen LogP contribution in [0.15, 0.2) is 45.7 Å². The molecule has 0 atom stereocenters. The highest BCUT2D eigenvalue weighted by atomic mass is 35.5. The maximum absolute atomic E-state index is 12.7. The Hall–Kier alpha value is -3.11. The highest BCUT2D eigenvalue weighted by Crippen LogP contribution is 2.35. The number of nitrogens with one attached hydrogen (secondary N) is 1. The Bertz CT molecular complexity index is 1230. The van der Waals surface area contributed by atoms with E-state index in [9.17, 15) is 23.3 Å². The van der Waals surface area contributed by atoms with Gasteiger partial charge in [0.05, 0.1) is 27.1 Å². The number of ether oxygens (including phenoxy) is 1. The summed E-state index contributed by atoms with van der Waals surface area (Å²) in [6.45, 7) is 3.37. The van der Waals surface area contributed by atoms with Crippen LogP contribution in [0.1, 0.15) is 23.0 Å². The smallest absolute Gasteiger partial charge is 0.342 e. The number of nitro groups is 1. The topological polar surface area (TPSA) is 129 Å². The third kappa shape index (κ3) is 4.03. The number of carbonyl (C=O) groups is 1. The number of sulfonamides is 1. The minimum atomic E-state index is -4.15. The van der Waals surface area contributed by atoms with Gasteiger partial charge in [-0.05, 0) is 32.0 Å². The highest BCUT2D eigenvalue weighted by molar-refractivity contribution is 7.92. The van der Waals surface area contributed by atoms with E-state index in [-0.39, 0.29) is 50.2 Å². The number of aryl methyl sites for hydroxylation is 1. The third-order valence-corrected chi connectivity index (χ3v) is 5.65. The summed E-state index contributed by atoms with van der Waals surface area (Å²) < 4.78 is 38.2. The lowest BCUT2D eigenvalue weighted by Gasteiger charge is -2.09. The summed E-state index contributed by atoms with van der Waals surface area (Å²) in [5.41, 5.74) is 0.0439. The Labute approximate surface area is 170 Å². The van der Waals surface area contributed by atoms with Crippen molar-refractivity contribution in [2.75, 3.05) is 11.3 Å². The van der Waals surface area contributed by atoms with Gasteiger partial charge in [0, 0.05) is 17.5 Å². The van der Waals surface area contributed by atoms with Crippen LogP contribution < -0.4 is 4.72 Å². The van der Waals surface area contributed by atoms with Gasteiger partial charge in [0.1, 0.15) is 11.3 Å². The van der Waals surface area contributed by atoms with Gasteiger partial charge in [-0.25, -0.2) is 13.2 Å². The monoisotopic (exact) mass is 438 g/mol. The molecular formula is C18H15ClN2O7S. The lowest BCUT2D eigenvalue weighted by atomic mass is 10.1. The van der Waals surface area contributed by atoms with E-state index in [1.165, 1.54) is 30.3 Å². The molecule has 2 aromatic carbocycles. The van der Waals surface area contributed by atoms with Crippen molar-refractivity contribution in [3.63, 3.8) is 0 Å². The van der Waals surface area contributed by atoms with Gasteiger partial charge >= 0.3 is 5.97 Å². The first-order valence-electron chi connectivity index (χ1n) is 8.31. The minimum absolute atomic E-state index is 0.0559. The molecule has 152 valence electrons. The van der Waals surface area contributed by atoms with E-state index in [1.54, 1.807) is 13.8 Å². The molecule has 0 unspecified atom stereocenters. The lowest BCUT2D eigenvalue weighted by Crippen LogP contribution is -2.13. The van der Waals surface area contributed by atoms with Crippen molar-refractivity contribution in [1.82, 2.24) is 0 Å². The Kier molecular flexibility index (Phi) is 5.49. The van der Waals surface area contributed by atoms with Crippen molar-refractivity contribution in [2.24, 2.45) is 0 Å². The summed E-state index contributed by atoms with van der Waals surface area (Å²) in [5.74, 6) is -0.349. The van der Waals surface area contributed by atoms with Crippen LogP contribution in [0.4, 0.5) is 11.4 Å². The van der Waals surface area contributed by atoms with Crippen LogP contribution in [0, 0.1) is 17.0 Å². The summed E-state index contributed by atoms with van der Waals surface area (Å²) in [7, 11) is -4.15. The molecule has 1 aromatic heterocycles. The van der Waals surface area contributed by atoms with Gasteiger partial charge in [-0.2, -0.15) is 0 Å². The molecule has 0 amide bonds. The number of esters is 1. The minimum Gasteiger partial charge on any atom is -0.462 e. The van der Waals surface area contributed by atoms with E-state index < -0.39 is 20.9 Å². The number of rotatable bonds is 6. The summed E-state index contributed by atoms with van der Waals surface area (Å²) in [6, 6.07) is 7.31. The fourth-order valence-electron chi connectivity index (χ4n) is 2.77. The highest BCUT2D eigenvalue weighted by Gasteiger charge is 2.23. The largest absolute Gasteiger partial charge is 0.462 e. The standard InChI is InChI=1S/C18H15ClN2O7S/c1-3-27-18(22)16-10(2)28-17-14(16)7-11(8-15(17)19)20-29(25,26)13-6-4-5-12(9-13)21(23)24/h4-9,20H,3H2,1-2H3. The van der Waals surface area contributed by atoms with Crippen molar-refractivity contribution in [2.45, 2.75) is 18.7 Å². The van der Waals surface area contributed by atoms with Crippen molar-refractivity contribution in [3.8, 4) is 0 Å². The number of carbonyl (C=O) groups excluding carboxylic acids is 1. The number of halogens is 1. The number of anilines is 1. The van der Waals surface area contributed by atoms with Crippen LogP contribution >= 0.6 is 11.6 Å². The molecule has 3 aromatic rings. The number of benzene rings is 2. The van der Waals surface area contributed by atoms with Gasteiger partial charge in [-0.1, -0.05) is 17.7 Å². The van der Waals surface area contributed by atoms with Crippen molar-refractivity contribution >= 4 is 49.9 Å². The molecule has 9 nitrogen and oxygen atoms in total. The summed E-state index contributed by atoms with van der Waals surface area (Å²) in [5, 5.41) is 11.3. The number of non-ortho nitro benzene ring substituents is 1. The number of nitrogens with zero attached hydrogens (tertiary/aromatic N) is 1. The predicted octanol–water partition coefficient (Wildman–Crippen LogP) is 4.28. The van der Waals surface area contributed by atoms with E-state index in [1.807, 2.05) is 0 Å². The molecule has 0 aliphatic rings. The van der Waals surface area contributed by atoms with Gasteiger partial charge in [0.2, 0.25) is 0 Å². The number of furan rings is 1. The first-order valence-corrected chi connectivity index (χ1v) is 10.2. The second-order valence-electron chi connectivity index (χ2n) is 5.95. The fraction of sp³-hybridized carbons (Fsp3) is 0.167. The zero-order chi connectivity index (χ0) is 21.3. The lowest BCUT2D eigenvalue weighted by molar-refractivity contribution is -0.385. The molecular weight excluding hydrogens is 424 g/mol. The fourth-order valence-corrected chi connectivity index (χ4v) is 4.11. The van der Waals surface area contributed by atoms with Crippen LogP contribution in [0.5, 0.6) is 0 Å². The average Bonchev–Trinajstić information content (AvgIpc) is 2.98. The number of hydrogen-bond donors (Lipinski definition) is 1. The molecule has 0 aliphatic carbocycles. The number of nitro benzene ring substituents is 1. The summed E-state index contributed by atoms with van der Waals surface area (Å²) in [6.07, 6.45) is 0. The van der Waals surface area contributed by atoms with Gasteiger partial charge in [-0.15, -0.1) is 0 Å². The van der Waals surface area contributed by atoms with E-state index >= 15 is 0 Å². The Morgan fingerprint density at radius 3 is 2.69 bits per heavy atom. The Morgan fingerprint density at radius 1 is 1.31 bits per heavy atom.